The molecule has 27 heavy (non-hydrogen) atoms. The highest BCUT2D eigenvalue weighted by Crippen LogP contribution is 2.72. The Morgan fingerprint density at radius 3 is 2.70 bits per heavy atom. The van der Waals surface area contributed by atoms with Crippen LogP contribution in [-0.2, 0) is 28.6 Å². The van der Waals surface area contributed by atoms with E-state index in [0.717, 1.165) is 0 Å². The number of aliphatic hydroxyl groups is 2. The van der Waals surface area contributed by atoms with Crippen LogP contribution in [0.2, 0.25) is 0 Å². The molecule has 7 rings (SSSR count). The summed E-state index contributed by atoms with van der Waals surface area (Å²) in [4.78, 5) is 37.7. The van der Waals surface area contributed by atoms with Crippen molar-refractivity contribution in [1.29, 1.82) is 0 Å². The molecule has 0 amide bonds. The van der Waals surface area contributed by atoms with E-state index in [1.807, 2.05) is 0 Å². The zero-order valence-corrected chi connectivity index (χ0v) is 14.8. The van der Waals surface area contributed by atoms with Gasteiger partial charge in [0.15, 0.2) is 12.4 Å². The lowest BCUT2D eigenvalue weighted by atomic mass is 9.41. The summed E-state index contributed by atoms with van der Waals surface area (Å²) < 4.78 is 17.0. The molecule has 3 saturated heterocycles. The minimum atomic E-state index is -1.99. The van der Waals surface area contributed by atoms with Crippen LogP contribution >= 0.6 is 0 Å². The van der Waals surface area contributed by atoms with Gasteiger partial charge in [0.25, 0.3) is 0 Å². The normalized spacial score (nSPS) is 55.1. The minimum absolute atomic E-state index is 0.128. The van der Waals surface area contributed by atoms with Crippen molar-refractivity contribution in [1.82, 2.24) is 0 Å². The Balaban J connectivity index is 1.56. The van der Waals surface area contributed by atoms with Crippen LogP contribution in [0, 0.1) is 28.6 Å². The van der Waals surface area contributed by atoms with Gasteiger partial charge in [-0.3, -0.25) is 14.4 Å². The lowest BCUT2D eigenvalue weighted by Gasteiger charge is -2.67. The van der Waals surface area contributed by atoms with Gasteiger partial charge in [0.05, 0.1) is 6.61 Å². The molecule has 8 nitrogen and oxygen atoms in total. The molecule has 2 N–H and O–H groups in total. The Kier molecular flexibility index (Phi) is 2.67. The standard InChI is InChI=1S/C19H20O8/c1-17-15-11(27-16(17)23)2-7-8(3-9(20)13-10(21)5-25-14(7)13)18(15)4-12(22)19(17,24)26-6-18/h7-8,11-12,15,22,24H,2-6H2,1H3/t7-,8+,11-,12+,15+,17+,18+,19+/m1/s1. The van der Waals surface area contributed by atoms with E-state index in [9.17, 15) is 24.6 Å². The van der Waals surface area contributed by atoms with E-state index in [1.165, 1.54) is 0 Å². The third kappa shape index (κ3) is 1.47. The van der Waals surface area contributed by atoms with Crippen molar-refractivity contribution in [2.75, 3.05) is 13.2 Å². The van der Waals surface area contributed by atoms with E-state index in [1.54, 1.807) is 6.92 Å². The molecule has 3 aliphatic carbocycles. The molecule has 5 fully saturated rings. The van der Waals surface area contributed by atoms with E-state index in [4.69, 9.17) is 14.2 Å². The quantitative estimate of drug-likeness (QED) is 0.428. The first-order chi connectivity index (χ1) is 12.7. The first kappa shape index (κ1) is 16.2. The number of aliphatic hydroxyl groups excluding tert-OH is 1. The molecule has 144 valence electrons. The highest BCUT2D eigenvalue weighted by atomic mass is 16.7. The SMILES string of the molecule is C[C@]12C(=O)O[C@@H]3C[C@H]4C5=C(C(=O)CO5)C(=O)C[C@@H]4[C@]4(CO[C@@]1(O)[C@@H](O)C4)[C@@H]32. The third-order valence-corrected chi connectivity index (χ3v) is 8.24. The molecule has 7 aliphatic rings. The second kappa shape index (κ2) is 4.45. The van der Waals surface area contributed by atoms with Crippen molar-refractivity contribution in [3.05, 3.63) is 11.3 Å². The molecule has 0 aromatic heterocycles. The Morgan fingerprint density at radius 2 is 1.96 bits per heavy atom. The predicted octanol–water partition coefficient (Wildman–Crippen LogP) is -0.534. The van der Waals surface area contributed by atoms with Gasteiger partial charge in [-0.2, -0.15) is 0 Å². The van der Waals surface area contributed by atoms with Crippen molar-refractivity contribution in [3.8, 4) is 0 Å². The lowest BCUT2D eigenvalue weighted by molar-refractivity contribution is -0.408. The van der Waals surface area contributed by atoms with Crippen LogP contribution < -0.4 is 0 Å². The van der Waals surface area contributed by atoms with Crippen LogP contribution in [0.1, 0.15) is 26.2 Å². The molecule has 0 unspecified atom stereocenters. The summed E-state index contributed by atoms with van der Waals surface area (Å²) in [5.74, 6) is -3.50. The van der Waals surface area contributed by atoms with Gasteiger partial charge in [0.2, 0.25) is 11.6 Å². The van der Waals surface area contributed by atoms with Crippen molar-refractivity contribution >= 4 is 17.5 Å². The molecule has 1 spiro atoms. The number of ether oxygens (including phenoxy) is 3. The van der Waals surface area contributed by atoms with Crippen molar-refractivity contribution in [3.63, 3.8) is 0 Å². The van der Waals surface area contributed by atoms with Gasteiger partial charge in [-0.1, -0.05) is 0 Å². The molecule has 8 atom stereocenters. The Hall–Kier alpha value is -1.77. The van der Waals surface area contributed by atoms with E-state index in [0.29, 0.717) is 12.2 Å². The molecule has 0 aromatic carbocycles. The average molecular weight is 376 g/mol. The minimum Gasteiger partial charge on any atom is -0.489 e. The highest BCUT2D eigenvalue weighted by Gasteiger charge is 2.82. The van der Waals surface area contributed by atoms with E-state index in [2.05, 4.69) is 0 Å². The fourth-order valence-electron chi connectivity index (χ4n) is 7.19. The fraction of sp³-hybridized carbons (Fsp3) is 0.737. The molecule has 0 aromatic rings. The van der Waals surface area contributed by atoms with Crippen molar-refractivity contribution < 1.29 is 38.8 Å². The Labute approximate surface area is 154 Å². The zero-order valence-electron chi connectivity index (χ0n) is 14.8. The molecular formula is C19H20O8. The number of hydrogen-bond acceptors (Lipinski definition) is 8. The first-order valence-electron chi connectivity index (χ1n) is 9.43. The van der Waals surface area contributed by atoms with Gasteiger partial charge in [-0.05, 0) is 25.7 Å². The summed E-state index contributed by atoms with van der Waals surface area (Å²) >= 11 is 0. The van der Waals surface area contributed by atoms with Gasteiger partial charge in [-0.15, -0.1) is 0 Å². The number of carbonyl (C=O) groups excluding carboxylic acids is 3. The second-order valence-electron chi connectivity index (χ2n) is 9.09. The monoisotopic (exact) mass is 376 g/mol. The second-order valence-corrected chi connectivity index (χ2v) is 9.09. The van der Waals surface area contributed by atoms with Crippen molar-refractivity contribution in [2.45, 2.75) is 44.2 Å². The zero-order chi connectivity index (χ0) is 18.9. The maximum absolute atomic E-state index is 12.8. The summed E-state index contributed by atoms with van der Waals surface area (Å²) in [5.41, 5.74) is -1.92. The molecule has 2 saturated carbocycles. The summed E-state index contributed by atoms with van der Waals surface area (Å²) in [6.45, 7) is 1.61. The lowest BCUT2D eigenvalue weighted by Crippen LogP contribution is -2.77. The first-order valence-corrected chi connectivity index (χ1v) is 9.43. The van der Waals surface area contributed by atoms with Crippen LogP contribution in [0.25, 0.3) is 0 Å². The third-order valence-electron chi connectivity index (χ3n) is 8.24. The molecule has 2 bridgehead atoms. The number of ketones is 2. The van der Waals surface area contributed by atoms with Gasteiger partial charge < -0.3 is 24.4 Å². The molecule has 8 heteroatoms. The number of Topliss-reactive ketones (excluding diaryl/α,β-unsaturated/α-hetero) is 2. The van der Waals surface area contributed by atoms with Gasteiger partial charge in [0.1, 0.15) is 29.0 Å². The van der Waals surface area contributed by atoms with Gasteiger partial charge >= 0.3 is 5.97 Å². The maximum Gasteiger partial charge on any atom is 0.318 e. The van der Waals surface area contributed by atoms with Crippen LogP contribution in [-0.4, -0.2) is 59.0 Å². The molecular weight excluding hydrogens is 356 g/mol. The van der Waals surface area contributed by atoms with E-state index >= 15 is 0 Å². The average Bonchev–Trinajstić information content (AvgIpc) is 3.13. The predicted molar refractivity (Wildman–Crippen MR) is 84.6 cm³/mol. The molecule has 4 heterocycles. The summed E-state index contributed by atoms with van der Waals surface area (Å²) in [6, 6.07) is 0. The Morgan fingerprint density at radius 1 is 1.19 bits per heavy atom. The van der Waals surface area contributed by atoms with E-state index in [-0.39, 0.29) is 60.9 Å². The topological polar surface area (TPSA) is 119 Å². The molecule has 4 aliphatic heterocycles. The maximum atomic E-state index is 12.8. The number of allylic oxidation sites excluding steroid dienone is 1. The summed E-state index contributed by atoms with van der Waals surface area (Å²) in [7, 11) is 0. The van der Waals surface area contributed by atoms with Crippen LogP contribution in [0.5, 0.6) is 0 Å². The fourth-order valence-corrected chi connectivity index (χ4v) is 7.19. The van der Waals surface area contributed by atoms with E-state index < -0.39 is 34.8 Å². The number of fused-ring (bicyclic) bond motifs is 4. The Bertz CT molecular complexity index is 862. The summed E-state index contributed by atoms with van der Waals surface area (Å²) in [5, 5.41) is 21.8. The summed E-state index contributed by atoms with van der Waals surface area (Å²) in [6.07, 6.45) is -0.894. The number of rotatable bonds is 0. The van der Waals surface area contributed by atoms with Gasteiger partial charge in [-0.25, -0.2) is 0 Å². The number of hydrogen-bond donors (Lipinski definition) is 2. The smallest absolute Gasteiger partial charge is 0.318 e. The van der Waals surface area contributed by atoms with Crippen LogP contribution in [0.4, 0.5) is 0 Å². The highest BCUT2D eigenvalue weighted by molar-refractivity contribution is 6.22. The number of carbonyl (C=O) groups is 3. The van der Waals surface area contributed by atoms with Crippen LogP contribution in [0.3, 0.4) is 0 Å². The number of esters is 1. The van der Waals surface area contributed by atoms with Crippen molar-refractivity contribution in [2.24, 2.45) is 28.6 Å². The molecule has 0 radical (unpaired) electrons. The van der Waals surface area contributed by atoms with Crippen LogP contribution in [0.15, 0.2) is 11.3 Å². The van der Waals surface area contributed by atoms with Gasteiger partial charge in [0, 0.05) is 23.7 Å². The largest absolute Gasteiger partial charge is 0.489 e.